The Kier molecular flexibility index (Phi) is 128. The van der Waals surface area contributed by atoms with E-state index >= 15 is 0 Å². The molecule has 0 atom stereocenters. The van der Waals surface area contributed by atoms with Gasteiger partial charge in [-0.2, -0.15) is 0 Å². The molecule has 37 heavy (non-hydrogen) atoms. The molecular formula is C21H37N3OY12. The number of nitrogens with two attached hydrogens (primary N) is 1. The molecule has 0 spiro atoms. The van der Waals surface area contributed by atoms with Crippen LogP contribution < -0.4 is 16.4 Å². The maximum Gasteiger partial charge on any atom is 0.0480 e. The molecule has 3 fully saturated rings. The van der Waals surface area contributed by atoms with E-state index in [9.17, 15) is 0 Å². The van der Waals surface area contributed by atoms with Gasteiger partial charge in [-0.1, -0.05) is 36.8 Å². The summed E-state index contributed by atoms with van der Waals surface area (Å²) in [5, 5.41) is 6.67. The first kappa shape index (κ1) is 78.4. The molecule has 0 aromatic heterocycles. The predicted molar refractivity (Wildman–Crippen MR) is 106 cm³/mol. The molecule has 0 saturated carbocycles. The summed E-state index contributed by atoms with van der Waals surface area (Å²) < 4.78 is 5.06. The van der Waals surface area contributed by atoms with Gasteiger partial charge in [0.25, 0.3) is 0 Å². The van der Waals surface area contributed by atoms with Crippen LogP contribution in [0.5, 0.6) is 0 Å². The Balaban J connectivity index is -0.0000000274. The number of ether oxygens (including phenoxy) is 1. The fraction of sp³-hybridized carbons (Fsp3) is 0.714. The molecule has 16 heteroatoms. The average molecular weight is 1410 g/mol. The van der Waals surface area contributed by atoms with E-state index in [1.165, 1.54) is 63.8 Å². The summed E-state index contributed by atoms with van der Waals surface area (Å²) in [6.07, 6.45) is 8.89. The van der Waals surface area contributed by atoms with Crippen molar-refractivity contribution in [2.75, 3.05) is 39.4 Å². The maximum absolute atomic E-state index is 5.55. The molecule has 4 nitrogen and oxygen atoms in total. The van der Waals surface area contributed by atoms with Crippen LogP contribution >= 0.6 is 0 Å². The molecule has 0 bridgehead atoms. The van der Waals surface area contributed by atoms with E-state index in [-0.39, 0.29) is 393 Å². The van der Waals surface area contributed by atoms with Gasteiger partial charge in [-0.3, -0.25) is 0 Å². The quantitative estimate of drug-likeness (QED) is 0.406. The van der Waals surface area contributed by atoms with Crippen LogP contribution in [0.2, 0.25) is 0 Å². The zero-order chi connectivity index (χ0) is 17.6. The summed E-state index contributed by atoms with van der Waals surface area (Å²) in [7, 11) is 0. The third-order valence-electron chi connectivity index (χ3n) is 5.08. The van der Waals surface area contributed by atoms with Crippen molar-refractivity contribution in [1.29, 1.82) is 0 Å². The maximum atomic E-state index is 5.55. The fourth-order valence-corrected chi connectivity index (χ4v) is 3.40. The summed E-state index contributed by atoms with van der Waals surface area (Å²) in [5.41, 5.74) is 7.07. The van der Waals surface area contributed by atoms with Gasteiger partial charge in [-0.25, -0.2) is 0 Å². The van der Waals surface area contributed by atoms with Gasteiger partial charge in [-0.05, 0) is 76.2 Å². The van der Waals surface area contributed by atoms with Gasteiger partial charge in [0, 0.05) is 412 Å². The standard InChI is InChI=1S/C11H15N.C5H11NO.C5H11N.12Y/c1-2-4-10(5-3-1)11-6-8-12-9-7-11;6-5-1-3-7-4-2-5;1-2-4-6-5-3-1;;;;;;;;;;;;/h1-5,11-12H,6-9H2;5H,1-4,6H2;6H,1-5H2;;;;;;;;;;;;. The second-order valence-corrected chi connectivity index (χ2v) is 7.20. The van der Waals surface area contributed by atoms with Gasteiger partial charge >= 0.3 is 0 Å². The summed E-state index contributed by atoms with van der Waals surface area (Å²) in [4.78, 5) is 0. The molecule has 4 rings (SSSR count). The number of hydrogen-bond acceptors (Lipinski definition) is 4. The van der Waals surface area contributed by atoms with Crippen molar-refractivity contribution >= 4 is 0 Å². The van der Waals surface area contributed by atoms with E-state index in [1.807, 2.05) is 0 Å². The van der Waals surface area contributed by atoms with Crippen LogP contribution in [0.1, 0.15) is 56.4 Å². The predicted octanol–water partition coefficient (Wildman–Crippen LogP) is 3.01. The molecule has 3 heterocycles. The van der Waals surface area contributed by atoms with E-state index in [4.69, 9.17) is 10.5 Å². The molecule has 1 aromatic rings. The number of benzene rings is 1. The molecule has 0 aliphatic carbocycles. The van der Waals surface area contributed by atoms with Crippen LogP contribution in [0.3, 0.4) is 0 Å². The van der Waals surface area contributed by atoms with Crippen molar-refractivity contribution in [1.82, 2.24) is 10.6 Å². The van der Waals surface area contributed by atoms with Gasteiger partial charge in [0.1, 0.15) is 0 Å². The van der Waals surface area contributed by atoms with Crippen LogP contribution in [0, 0.1) is 0 Å². The van der Waals surface area contributed by atoms with E-state index in [0.717, 1.165) is 32.0 Å². The van der Waals surface area contributed by atoms with Crippen molar-refractivity contribution in [3.63, 3.8) is 0 Å². The molecule has 3 aliphatic heterocycles. The zero-order valence-electron chi connectivity index (χ0n) is 22.6. The molecule has 178 valence electrons. The zero-order valence-corrected chi connectivity index (χ0v) is 56.7. The summed E-state index contributed by atoms with van der Waals surface area (Å²) in [5.74, 6) is 0.799. The Morgan fingerprint density at radius 1 is 0.541 bits per heavy atom. The molecule has 0 amide bonds. The minimum absolute atomic E-state index is 0. The van der Waals surface area contributed by atoms with Crippen LogP contribution in [-0.2, 0) is 397 Å². The average Bonchev–Trinajstić information content (AvgIpc) is 2.72. The van der Waals surface area contributed by atoms with Crippen molar-refractivity contribution in [3.05, 3.63) is 35.9 Å². The molecule has 3 saturated heterocycles. The first-order valence-electron chi connectivity index (χ1n) is 10.2. The number of rotatable bonds is 1. The van der Waals surface area contributed by atoms with E-state index in [1.54, 1.807) is 0 Å². The van der Waals surface area contributed by atoms with Crippen molar-refractivity contribution in [2.24, 2.45) is 5.73 Å². The normalized spacial score (nSPS) is 14.9. The molecule has 12 radical (unpaired) electrons. The number of hydrogen-bond donors (Lipinski definition) is 3. The summed E-state index contributed by atoms with van der Waals surface area (Å²) in [6, 6.07) is 11.3. The van der Waals surface area contributed by atoms with Gasteiger partial charge in [-0.15, -0.1) is 0 Å². The van der Waals surface area contributed by atoms with Crippen LogP contribution in [0.4, 0.5) is 0 Å². The van der Waals surface area contributed by atoms with Crippen molar-refractivity contribution in [3.8, 4) is 0 Å². The largest absolute Gasteiger partial charge is 0.381 e. The Morgan fingerprint density at radius 2 is 0.946 bits per heavy atom. The third kappa shape index (κ3) is 48.3. The van der Waals surface area contributed by atoms with E-state index < -0.39 is 0 Å². The van der Waals surface area contributed by atoms with Gasteiger partial charge in [0.2, 0.25) is 0 Å². The van der Waals surface area contributed by atoms with Gasteiger partial charge in [0.05, 0.1) is 0 Å². The van der Waals surface area contributed by atoms with Crippen molar-refractivity contribution < 1.29 is 397 Å². The van der Waals surface area contributed by atoms with Gasteiger partial charge in [0.15, 0.2) is 0 Å². The smallest absolute Gasteiger partial charge is 0.0480 e. The van der Waals surface area contributed by atoms with Crippen LogP contribution in [0.25, 0.3) is 0 Å². The number of nitrogens with one attached hydrogen (secondary N) is 2. The topological polar surface area (TPSA) is 59.3 Å². The Hall–Kier alpha value is 12.3. The number of piperidine rings is 2. The Morgan fingerprint density at radius 3 is 1.24 bits per heavy atom. The SMILES string of the molecule is C1CCNCC1.NC1CCOCC1.[Y].[Y].[Y].[Y].[Y].[Y].[Y].[Y].[Y].[Y].[Y].[Y].c1ccc(C2CCNCC2)cc1. The summed E-state index contributed by atoms with van der Waals surface area (Å²) in [6.45, 7) is 6.58. The van der Waals surface area contributed by atoms with Crippen LogP contribution in [0.15, 0.2) is 30.3 Å². The molecule has 1 aromatic carbocycles. The summed E-state index contributed by atoms with van der Waals surface area (Å²) >= 11 is 0. The minimum atomic E-state index is 0. The van der Waals surface area contributed by atoms with E-state index in [2.05, 4.69) is 41.0 Å². The van der Waals surface area contributed by atoms with Gasteiger partial charge < -0.3 is 21.1 Å². The molecule has 0 unspecified atom stereocenters. The second-order valence-electron chi connectivity index (χ2n) is 7.20. The molecule has 3 aliphatic rings. The Labute approximate surface area is 530 Å². The van der Waals surface area contributed by atoms with Crippen LogP contribution in [-0.4, -0.2) is 45.4 Å². The monoisotopic (exact) mass is 1410 g/mol. The Bertz CT molecular complexity index is 433. The van der Waals surface area contributed by atoms with E-state index in [0.29, 0.717) is 6.04 Å². The first-order chi connectivity index (χ1) is 12.4. The second kappa shape index (κ2) is 60.4. The third-order valence-corrected chi connectivity index (χ3v) is 5.08. The first-order valence-corrected chi connectivity index (χ1v) is 10.2. The molecule has 4 N–H and O–H groups in total. The fourth-order valence-electron chi connectivity index (χ4n) is 3.40. The van der Waals surface area contributed by atoms with Crippen molar-refractivity contribution in [2.45, 2.75) is 56.9 Å². The molecular weight excluding hydrogens is 1380 g/mol. The minimum Gasteiger partial charge on any atom is -0.381 e.